The van der Waals surface area contributed by atoms with Gasteiger partial charge in [-0.05, 0) is 0 Å². The second-order valence-electron chi connectivity index (χ2n) is 8.40. The van der Waals surface area contributed by atoms with Crippen LogP contribution in [0.5, 0.6) is 0 Å². The average molecular weight is 512 g/mol. The third-order valence-electron chi connectivity index (χ3n) is 6.17. The van der Waals surface area contributed by atoms with Crippen LogP contribution >= 0.6 is 0 Å². The molecule has 0 N–H and O–H groups in total. The van der Waals surface area contributed by atoms with Crippen LogP contribution in [0.15, 0.2) is 127 Å². The third kappa shape index (κ3) is 4.17. The van der Waals surface area contributed by atoms with Gasteiger partial charge in [0.2, 0.25) is 0 Å². The van der Waals surface area contributed by atoms with E-state index in [4.69, 9.17) is 9.97 Å². The molecule has 3 heteroatoms. The fourth-order valence-corrected chi connectivity index (χ4v) is 5.17. The molecule has 0 saturated carbocycles. The molecule has 165 valence electrons. The van der Waals surface area contributed by atoms with Crippen LogP contribution in [0, 0.1) is 0 Å². The summed E-state index contributed by atoms with van der Waals surface area (Å²) in [6.45, 7) is 0. The van der Waals surface area contributed by atoms with Gasteiger partial charge >= 0.3 is 214 Å². The molecule has 2 nitrogen and oxygen atoms in total. The molecule has 6 aromatic rings. The van der Waals surface area contributed by atoms with E-state index < -0.39 is 0 Å². The van der Waals surface area contributed by atoms with Crippen molar-refractivity contribution in [1.82, 2.24) is 9.97 Å². The Balaban J connectivity index is 1.54. The SMILES string of the molecule is [Se]c1c(-c2cccc(-c3ccccc3)c2)cccc1-c1nc2ccccc2nc1-c1ccccc1. The number of hydrogen-bond acceptors (Lipinski definition) is 2. The van der Waals surface area contributed by atoms with Crippen LogP contribution in [0.2, 0.25) is 0 Å². The topological polar surface area (TPSA) is 25.8 Å². The van der Waals surface area contributed by atoms with Crippen molar-refractivity contribution in [1.29, 1.82) is 0 Å². The Morgan fingerprint density at radius 2 is 0.914 bits per heavy atom. The fourth-order valence-electron chi connectivity index (χ4n) is 4.43. The Hall–Kier alpha value is -4.04. The Kier molecular flexibility index (Phi) is 5.71. The van der Waals surface area contributed by atoms with E-state index in [1.807, 2.05) is 48.5 Å². The number of para-hydroxylation sites is 2. The summed E-state index contributed by atoms with van der Waals surface area (Å²) in [4.78, 5) is 10.1. The van der Waals surface area contributed by atoms with Crippen LogP contribution in [-0.4, -0.2) is 26.0 Å². The molecule has 35 heavy (non-hydrogen) atoms. The van der Waals surface area contributed by atoms with Crippen molar-refractivity contribution in [2.45, 2.75) is 0 Å². The summed E-state index contributed by atoms with van der Waals surface area (Å²) in [5, 5.41) is 0. The molecular formula is C32H21N2Se. The normalized spacial score (nSPS) is 11.0. The van der Waals surface area contributed by atoms with E-state index in [0.717, 1.165) is 49.1 Å². The van der Waals surface area contributed by atoms with E-state index in [2.05, 4.69) is 94.9 Å². The first-order valence-corrected chi connectivity index (χ1v) is 12.4. The van der Waals surface area contributed by atoms with Crippen molar-refractivity contribution in [2.24, 2.45) is 0 Å². The summed E-state index contributed by atoms with van der Waals surface area (Å²) < 4.78 is 1.07. The number of rotatable bonds is 4. The van der Waals surface area contributed by atoms with Crippen LogP contribution in [0.3, 0.4) is 0 Å². The Morgan fingerprint density at radius 1 is 0.400 bits per heavy atom. The summed E-state index contributed by atoms with van der Waals surface area (Å²) in [6, 6.07) is 43.9. The van der Waals surface area contributed by atoms with Crippen molar-refractivity contribution in [2.75, 3.05) is 0 Å². The van der Waals surface area contributed by atoms with Crippen LogP contribution in [0.25, 0.3) is 55.8 Å². The van der Waals surface area contributed by atoms with Gasteiger partial charge in [-0.15, -0.1) is 0 Å². The minimum atomic E-state index is 0.879. The summed E-state index contributed by atoms with van der Waals surface area (Å²) in [5.74, 6) is 0. The first-order valence-electron chi connectivity index (χ1n) is 11.6. The van der Waals surface area contributed by atoms with E-state index >= 15 is 0 Å². The van der Waals surface area contributed by atoms with Crippen molar-refractivity contribution in [3.63, 3.8) is 0 Å². The molecule has 0 atom stereocenters. The van der Waals surface area contributed by atoms with E-state index in [1.54, 1.807) is 0 Å². The predicted octanol–water partition coefficient (Wildman–Crippen LogP) is 7.09. The Morgan fingerprint density at radius 3 is 1.63 bits per heavy atom. The number of benzene rings is 5. The number of aromatic nitrogens is 2. The van der Waals surface area contributed by atoms with E-state index in [-0.39, 0.29) is 0 Å². The van der Waals surface area contributed by atoms with Crippen molar-refractivity contribution < 1.29 is 0 Å². The molecule has 1 heterocycles. The Labute approximate surface area is 213 Å². The molecule has 0 amide bonds. The van der Waals surface area contributed by atoms with Gasteiger partial charge in [-0.25, -0.2) is 0 Å². The molecule has 0 bridgehead atoms. The summed E-state index contributed by atoms with van der Waals surface area (Å²) in [5.41, 5.74) is 10.4. The number of fused-ring (bicyclic) bond motifs is 1. The predicted molar refractivity (Wildman–Crippen MR) is 147 cm³/mol. The molecule has 0 unspecified atom stereocenters. The second kappa shape index (κ2) is 9.31. The van der Waals surface area contributed by atoms with Gasteiger partial charge < -0.3 is 0 Å². The monoisotopic (exact) mass is 513 g/mol. The molecule has 0 saturated heterocycles. The minimum absolute atomic E-state index is 0.879. The quantitative estimate of drug-likeness (QED) is 0.236. The standard InChI is InChI=1S/C32H21N2Se/c35-32-26(25-16-9-15-24(21-25)22-11-3-1-4-12-22)17-10-18-27(32)31-30(23-13-5-2-6-14-23)33-28-19-7-8-20-29(28)34-31/h1-21H. The van der Waals surface area contributed by atoms with Crippen molar-refractivity contribution in [3.05, 3.63) is 127 Å². The molecule has 6 rings (SSSR count). The van der Waals surface area contributed by atoms with Gasteiger partial charge in [-0.3, -0.25) is 0 Å². The van der Waals surface area contributed by atoms with Crippen LogP contribution in [-0.2, 0) is 0 Å². The van der Waals surface area contributed by atoms with Gasteiger partial charge in [0.05, 0.1) is 0 Å². The van der Waals surface area contributed by atoms with Gasteiger partial charge in [0.1, 0.15) is 0 Å². The van der Waals surface area contributed by atoms with Crippen molar-refractivity contribution in [3.8, 4) is 44.8 Å². The number of hydrogen-bond donors (Lipinski definition) is 0. The van der Waals surface area contributed by atoms with Gasteiger partial charge in [0, 0.05) is 0 Å². The molecule has 0 aliphatic rings. The molecule has 5 aromatic carbocycles. The molecule has 1 radical (unpaired) electrons. The first-order chi connectivity index (χ1) is 17.3. The van der Waals surface area contributed by atoms with Crippen LogP contribution < -0.4 is 4.46 Å². The van der Waals surface area contributed by atoms with E-state index in [0.29, 0.717) is 0 Å². The maximum absolute atomic E-state index is 5.10. The molecule has 0 spiro atoms. The molecule has 0 fully saturated rings. The third-order valence-corrected chi connectivity index (χ3v) is 7.09. The first kappa shape index (κ1) is 21.5. The van der Waals surface area contributed by atoms with Gasteiger partial charge in [-0.1, -0.05) is 0 Å². The van der Waals surface area contributed by atoms with Gasteiger partial charge in [0.15, 0.2) is 0 Å². The summed E-state index contributed by atoms with van der Waals surface area (Å²) in [7, 11) is 0. The maximum atomic E-state index is 5.10. The second-order valence-corrected chi connectivity index (χ2v) is 9.26. The zero-order chi connectivity index (χ0) is 23.6. The molecule has 1 aromatic heterocycles. The van der Waals surface area contributed by atoms with E-state index in [1.165, 1.54) is 11.1 Å². The summed E-state index contributed by atoms with van der Waals surface area (Å²) in [6.07, 6.45) is 0. The molecular weight excluding hydrogens is 491 g/mol. The van der Waals surface area contributed by atoms with E-state index in [9.17, 15) is 0 Å². The zero-order valence-corrected chi connectivity index (χ0v) is 20.6. The van der Waals surface area contributed by atoms with Gasteiger partial charge in [0.25, 0.3) is 0 Å². The fraction of sp³-hybridized carbons (Fsp3) is 0. The molecule has 0 aliphatic heterocycles. The summed E-state index contributed by atoms with van der Waals surface area (Å²) >= 11 is 3.35. The Bertz CT molecular complexity index is 1640. The molecule has 0 aliphatic carbocycles. The number of nitrogens with zero attached hydrogens (tertiary/aromatic N) is 2. The van der Waals surface area contributed by atoms with Crippen LogP contribution in [0.1, 0.15) is 0 Å². The van der Waals surface area contributed by atoms with Crippen LogP contribution in [0.4, 0.5) is 0 Å². The zero-order valence-electron chi connectivity index (χ0n) is 18.9. The van der Waals surface area contributed by atoms with Crippen molar-refractivity contribution >= 4 is 31.5 Å². The average Bonchev–Trinajstić information content (AvgIpc) is 2.93. The van der Waals surface area contributed by atoms with Gasteiger partial charge in [-0.2, -0.15) is 0 Å².